The highest BCUT2D eigenvalue weighted by Crippen LogP contribution is 2.29. The summed E-state index contributed by atoms with van der Waals surface area (Å²) in [6.45, 7) is 4.46. The van der Waals surface area contributed by atoms with Crippen LogP contribution in [0.25, 0.3) is 0 Å². The molecule has 38 heavy (non-hydrogen) atoms. The Bertz CT molecular complexity index is 959. The van der Waals surface area contributed by atoms with E-state index >= 15 is 0 Å². The fourth-order valence-electron chi connectivity index (χ4n) is 3.27. The van der Waals surface area contributed by atoms with Crippen LogP contribution in [0.5, 0.6) is 23.0 Å². The molecule has 0 fully saturated rings. The summed E-state index contributed by atoms with van der Waals surface area (Å²) in [6, 6.07) is 10.6. The van der Waals surface area contributed by atoms with E-state index in [-0.39, 0.29) is 9.98 Å². The first-order valence-electron chi connectivity index (χ1n) is 12.2. The van der Waals surface area contributed by atoms with Crippen molar-refractivity contribution in [1.29, 1.82) is 0 Å². The van der Waals surface area contributed by atoms with E-state index in [0.29, 0.717) is 113 Å². The Kier molecular flexibility index (Phi) is 13.3. The van der Waals surface area contributed by atoms with Crippen LogP contribution in [-0.4, -0.2) is 89.3 Å². The monoisotopic (exact) mass is 566 g/mol. The van der Waals surface area contributed by atoms with Crippen LogP contribution in [0.2, 0.25) is 0 Å². The molecule has 0 unspecified atom stereocenters. The van der Waals surface area contributed by atoms with Crippen LogP contribution in [0, 0.1) is 0 Å². The van der Waals surface area contributed by atoms with Gasteiger partial charge in [-0.3, -0.25) is 0 Å². The van der Waals surface area contributed by atoms with Gasteiger partial charge in [0.1, 0.15) is 36.4 Å². The summed E-state index contributed by atoms with van der Waals surface area (Å²) < 4.78 is 45.8. The second kappa shape index (κ2) is 17.0. The zero-order valence-electron chi connectivity index (χ0n) is 21.2. The average molecular weight is 567 g/mol. The Labute approximate surface area is 233 Å². The molecule has 0 saturated heterocycles. The minimum atomic E-state index is 0.278. The van der Waals surface area contributed by atoms with Crippen LogP contribution in [0.1, 0.15) is 11.1 Å². The van der Waals surface area contributed by atoms with Crippen LogP contribution in [-0.2, 0) is 18.9 Å². The minimum absolute atomic E-state index is 0.278. The zero-order chi connectivity index (χ0) is 27.0. The van der Waals surface area contributed by atoms with Crippen molar-refractivity contribution in [2.24, 2.45) is 11.5 Å². The number of benzene rings is 2. The van der Waals surface area contributed by atoms with E-state index in [0.717, 1.165) is 0 Å². The molecule has 0 spiro atoms. The highest BCUT2D eigenvalue weighted by molar-refractivity contribution is 7.80. The van der Waals surface area contributed by atoms with E-state index in [1.807, 2.05) is 0 Å². The number of hydrogen-bond acceptors (Lipinski definition) is 10. The first-order chi connectivity index (χ1) is 18.5. The van der Waals surface area contributed by atoms with Gasteiger partial charge in [-0.25, -0.2) is 0 Å². The molecule has 2 aromatic rings. The number of nitrogens with two attached hydrogens (primary N) is 2. The van der Waals surface area contributed by atoms with Crippen molar-refractivity contribution in [3.8, 4) is 23.0 Å². The molecule has 1 aliphatic rings. The molecule has 10 nitrogen and oxygen atoms in total. The molecule has 0 bridgehead atoms. The van der Waals surface area contributed by atoms with Crippen molar-refractivity contribution in [3.63, 3.8) is 0 Å². The van der Waals surface area contributed by atoms with Gasteiger partial charge in [0.2, 0.25) is 0 Å². The Morgan fingerprint density at radius 3 is 1.05 bits per heavy atom. The molecule has 208 valence electrons. The topological polar surface area (TPSA) is 126 Å². The van der Waals surface area contributed by atoms with Gasteiger partial charge in [0.15, 0.2) is 23.0 Å². The van der Waals surface area contributed by atoms with Gasteiger partial charge in [-0.05, 0) is 36.4 Å². The molecule has 4 N–H and O–H groups in total. The van der Waals surface area contributed by atoms with Gasteiger partial charge < -0.3 is 49.4 Å². The molecule has 0 amide bonds. The maximum absolute atomic E-state index is 5.86. The Morgan fingerprint density at radius 1 is 0.447 bits per heavy atom. The predicted molar refractivity (Wildman–Crippen MR) is 150 cm³/mol. The Hall–Kier alpha value is -2.74. The van der Waals surface area contributed by atoms with E-state index in [2.05, 4.69) is 0 Å². The van der Waals surface area contributed by atoms with Gasteiger partial charge in [0.25, 0.3) is 0 Å². The minimum Gasteiger partial charge on any atom is -0.487 e. The van der Waals surface area contributed by atoms with Crippen LogP contribution < -0.4 is 30.4 Å². The first-order valence-corrected chi connectivity index (χ1v) is 13.1. The molecule has 0 radical (unpaired) electrons. The number of rotatable bonds is 2. The third-order valence-electron chi connectivity index (χ3n) is 5.14. The largest absolute Gasteiger partial charge is 0.487 e. The molecular formula is C26H34N2O8S2. The second-order valence-corrected chi connectivity index (χ2v) is 8.77. The van der Waals surface area contributed by atoms with E-state index < -0.39 is 0 Å². The molecule has 1 heterocycles. The Morgan fingerprint density at radius 2 is 0.737 bits per heavy atom. The summed E-state index contributed by atoms with van der Waals surface area (Å²) >= 11 is 10.1. The van der Waals surface area contributed by atoms with Crippen molar-refractivity contribution in [2.45, 2.75) is 0 Å². The molecule has 0 atom stereocenters. The SMILES string of the molecule is NC(=S)c1ccc2c(c1)OCCOCCOCCOc1ccc(C(N)=S)cc1OCCOCCOCCO2. The first kappa shape index (κ1) is 29.8. The van der Waals surface area contributed by atoms with Gasteiger partial charge in [0.05, 0.1) is 52.9 Å². The van der Waals surface area contributed by atoms with Crippen LogP contribution in [0.15, 0.2) is 36.4 Å². The molecule has 2 aromatic carbocycles. The highest BCUT2D eigenvalue weighted by atomic mass is 32.1. The van der Waals surface area contributed by atoms with Gasteiger partial charge in [0, 0.05) is 11.1 Å². The standard InChI is InChI=1S/C26H34N2O8S2/c27-25(37)19-1-3-21-23(17-19)35-15-11-31-8-6-30-10-14-34-22-4-2-20(26(28)38)18-24(22)36-16-12-32-7-5-29-9-13-33-21/h1-4,17-18H,5-16H2,(H2,27,37)(H2,28,38). The van der Waals surface area contributed by atoms with Crippen LogP contribution in [0.4, 0.5) is 0 Å². The maximum atomic E-state index is 5.86. The fourth-order valence-corrected chi connectivity index (χ4v) is 3.53. The average Bonchev–Trinajstić information content (AvgIpc) is 2.91. The summed E-state index contributed by atoms with van der Waals surface area (Å²) in [5.74, 6) is 2.20. The van der Waals surface area contributed by atoms with E-state index in [9.17, 15) is 0 Å². The number of thiocarbonyl (C=S) groups is 2. The summed E-state index contributed by atoms with van der Waals surface area (Å²) in [4.78, 5) is 0.556. The van der Waals surface area contributed by atoms with Crippen LogP contribution in [0.3, 0.4) is 0 Å². The summed E-state index contributed by atoms with van der Waals surface area (Å²) in [6.07, 6.45) is 0. The van der Waals surface area contributed by atoms with Crippen molar-refractivity contribution in [1.82, 2.24) is 0 Å². The summed E-state index contributed by atoms with van der Waals surface area (Å²) in [7, 11) is 0. The lowest BCUT2D eigenvalue weighted by Crippen LogP contribution is -2.16. The highest BCUT2D eigenvalue weighted by Gasteiger charge is 2.10. The quantitative estimate of drug-likeness (QED) is 0.518. The van der Waals surface area contributed by atoms with E-state index in [1.165, 1.54) is 0 Å². The van der Waals surface area contributed by atoms with Crippen molar-refractivity contribution in [2.75, 3.05) is 79.3 Å². The lowest BCUT2D eigenvalue weighted by molar-refractivity contribution is 0.0223. The molecular weight excluding hydrogens is 532 g/mol. The fraction of sp³-hybridized carbons (Fsp3) is 0.462. The second-order valence-electron chi connectivity index (χ2n) is 7.89. The molecule has 0 aliphatic carbocycles. The summed E-state index contributed by atoms with van der Waals surface area (Å²) in [5.41, 5.74) is 12.9. The molecule has 12 heteroatoms. The molecule has 0 aromatic heterocycles. The molecule has 3 rings (SSSR count). The number of ether oxygens (including phenoxy) is 8. The van der Waals surface area contributed by atoms with Crippen LogP contribution >= 0.6 is 24.4 Å². The zero-order valence-corrected chi connectivity index (χ0v) is 22.8. The van der Waals surface area contributed by atoms with Crippen molar-refractivity contribution >= 4 is 34.4 Å². The lowest BCUT2D eigenvalue weighted by atomic mass is 10.2. The van der Waals surface area contributed by atoms with E-state index in [4.69, 9.17) is 73.8 Å². The number of fused-ring (bicyclic) bond motifs is 2. The molecule has 1 aliphatic heterocycles. The smallest absolute Gasteiger partial charge is 0.161 e. The summed E-state index contributed by atoms with van der Waals surface area (Å²) in [5, 5.41) is 0. The normalized spacial score (nSPS) is 17.1. The van der Waals surface area contributed by atoms with Crippen molar-refractivity contribution in [3.05, 3.63) is 47.5 Å². The Balaban J connectivity index is 1.54. The third kappa shape index (κ3) is 10.6. The third-order valence-corrected chi connectivity index (χ3v) is 5.61. The van der Waals surface area contributed by atoms with Gasteiger partial charge in [-0.15, -0.1) is 0 Å². The number of hydrogen-bond donors (Lipinski definition) is 2. The van der Waals surface area contributed by atoms with E-state index in [1.54, 1.807) is 36.4 Å². The predicted octanol–water partition coefficient (Wildman–Crippen LogP) is 2.25. The molecule has 0 saturated carbocycles. The van der Waals surface area contributed by atoms with Crippen molar-refractivity contribution < 1.29 is 37.9 Å². The maximum Gasteiger partial charge on any atom is 0.161 e. The van der Waals surface area contributed by atoms with Gasteiger partial charge >= 0.3 is 0 Å². The van der Waals surface area contributed by atoms with Gasteiger partial charge in [-0.1, -0.05) is 24.4 Å². The van der Waals surface area contributed by atoms with Gasteiger partial charge in [-0.2, -0.15) is 0 Å². The lowest BCUT2D eigenvalue weighted by Gasteiger charge is -2.15.